The summed E-state index contributed by atoms with van der Waals surface area (Å²) >= 11 is 0. The van der Waals surface area contributed by atoms with Gasteiger partial charge in [0.25, 0.3) is 5.91 Å². The lowest BCUT2D eigenvalue weighted by Crippen LogP contribution is -2.29. The largest absolute Gasteiger partial charge is 0.399 e. The number of rotatable bonds is 2. The fraction of sp³-hybridized carbons (Fsp3) is 0.235. The van der Waals surface area contributed by atoms with E-state index >= 15 is 0 Å². The highest BCUT2D eigenvalue weighted by molar-refractivity contribution is 5.95. The van der Waals surface area contributed by atoms with E-state index in [0.717, 1.165) is 6.42 Å². The van der Waals surface area contributed by atoms with Crippen molar-refractivity contribution in [1.82, 2.24) is 4.90 Å². The normalized spacial score (nSPS) is 18.0. The molecule has 1 saturated heterocycles. The van der Waals surface area contributed by atoms with Gasteiger partial charge in [0.05, 0.1) is 5.56 Å². The molecule has 0 aromatic heterocycles. The zero-order chi connectivity index (χ0) is 14.8. The molecule has 1 aliphatic rings. The van der Waals surface area contributed by atoms with Crippen LogP contribution in [0.15, 0.2) is 48.5 Å². The molecule has 1 aliphatic heterocycles. The van der Waals surface area contributed by atoms with Crippen LogP contribution in [0.3, 0.4) is 0 Å². The van der Waals surface area contributed by atoms with Gasteiger partial charge in [-0.3, -0.25) is 4.79 Å². The number of nitrogens with two attached hydrogens (primary N) is 1. The van der Waals surface area contributed by atoms with Crippen LogP contribution < -0.4 is 5.73 Å². The number of anilines is 1. The fourth-order valence-electron chi connectivity index (χ4n) is 2.82. The molecule has 108 valence electrons. The molecular formula is C17H17FN2O. The Labute approximate surface area is 123 Å². The molecule has 0 saturated carbocycles. The van der Waals surface area contributed by atoms with Gasteiger partial charge in [-0.05, 0) is 30.2 Å². The minimum absolute atomic E-state index is 0.0953. The second-order valence-corrected chi connectivity index (χ2v) is 5.39. The number of hydrogen-bond donors (Lipinski definition) is 1. The molecule has 3 nitrogen and oxygen atoms in total. The molecule has 2 aromatic rings. The van der Waals surface area contributed by atoms with Gasteiger partial charge in [-0.1, -0.05) is 30.3 Å². The first kappa shape index (κ1) is 13.6. The summed E-state index contributed by atoms with van der Waals surface area (Å²) < 4.78 is 13.8. The van der Waals surface area contributed by atoms with Crippen LogP contribution in [0.4, 0.5) is 10.1 Å². The molecule has 1 heterocycles. The first-order valence-electron chi connectivity index (χ1n) is 7.04. The van der Waals surface area contributed by atoms with Gasteiger partial charge >= 0.3 is 0 Å². The predicted molar refractivity (Wildman–Crippen MR) is 80.5 cm³/mol. The number of nitrogens with zero attached hydrogens (tertiary/aromatic N) is 1. The van der Waals surface area contributed by atoms with Crippen molar-refractivity contribution in [3.05, 3.63) is 65.5 Å². The highest BCUT2D eigenvalue weighted by Gasteiger charge is 2.29. The van der Waals surface area contributed by atoms with Crippen LogP contribution in [-0.4, -0.2) is 23.9 Å². The highest BCUT2D eigenvalue weighted by atomic mass is 19.1. The van der Waals surface area contributed by atoms with Crippen LogP contribution in [0.1, 0.15) is 28.3 Å². The van der Waals surface area contributed by atoms with Crippen molar-refractivity contribution in [3.63, 3.8) is 0 Å². The minimum atomic E-state index is -0.553. The van der Waals surface area contributed by atoms with E-state index in [9.17, 15) is 9.18 Å². The summed E-state index contributed by atoms with van der Waals surface area (Å²) in [5, 5.41) is 0. The van der Waals surface area contributed by atoms with Crippen molar-refractivity contribution in [1.29, 1.82) is 0 Å². The van der Waals surface area contributed by atoms with E-state index in [1.807, 2.05) is 18.2 Å². The van der Waals surface area contributed by atoms with Crippen molar-refractivity contribution in [2.45, 2.75) is 12.3 Å². The number of carbonyl (C=O) groups is 1. The smallest absolute Gasteiger partial charge is 0.256 e. The van der Waals surface area contributed by atoms with E-state index in [2.05, 4.69) is 12.1 Å². The molecule has 0 aliphatic carbocycles. The summed E-state index contributed by atoms with van der Waals surface area (Å²) in [4.78, 5) is 14.1. The summed E-state index contributed by atoms with van der Waals surface area (Å²) in [6.07, 6.45) is 0.909. The van der Waals surface area contributed by atoms with Gasteiger partial charge in [0, 0.05) is 24.7 Å². The Morgan fingerprint density at radius 2 is 1.95 bits per heavy atom. The van der Waals surface area contributed by atoms with E-state index < -0.39 is 5.82 Å². The quantitative estimate of drug-likeness (QED) is 0.862. The fourth-order valence-corrected chi connectivity index (χ4v) is 2.82. The summed E-state index contributed by atoms with van der Waals surface area (Å²) in [7, 11) is 0. The van der Waals surface area contributed by atoms with E-state index in [0.29, 0.717) is 24.7 Å². The number of carbonyl (C=O) groups excluding carboxylic acids is 1. The van der Waals surface area contributed by atoms with Gasteiger partial charge in [0.2, 0.25) is 0 Å². The minimum Gasteiger partial charge on any atom is -0.399 e. The molecule has 1 fully saturated rings. The molecule has 1 unspecified atom stereocenters. The molecule has 21 heavy (non-hydrogen) atoms. The third kappa shape index (κ3) is 2.75. The average molecular weight is 284 g/mol. The maximum absolute atomic E-state index is 13.8. The number of amides is 1. The molecule has 2 aromatic carbocycles. The first-order valence-corrected chi connectivity index (χ1v) is 7.04. The Bertz CT molecular complexity index is 657. The van der Waals surface area contributed by atoms with Crippen LogP contribution in [0.2, 0.25) is 0 Å². The maximum atomic E-state index is 13.8. The molecule has 0 spiro atoms. The van der Waals surface area contributed by atoms with Gasteiger partial charge < -0.3 is 10.6 Å². The predicted octanol–water partition coefficient (Wildman–Crippen LogP) is 3.04. The molecule has 0 bridgehead atoms. The number of nitrogen functional groups attached to an aromatic ring is 1. The third-order valence-corrected chi connectivity index (χ3v) is 3.97. The molecular weight excluding hydrogens is 267 g/mol. The molecule has 3 rings (SSSR count). The van der Waals surface area contributed by atoms with Gasteiger partial charge in [-0.15, -0.1) is 0 Å². The van der Waals surface area contributed by atoms with Crippen molar-refractivity contribution < 1.29 is 9.18 Å². The molecule has 1 atom stereocenters. The third-order valence-electron chi connectivity index (χ3n) is 3.97. The van der Waals surface area contributed by atoms with Gasteiger partial charge in [0.1, 0.15) is 5.82 Å². The first-order chi connectivity index (χ1) is 10.1. The molecule has 2 N–H and O–H groups in total. The number of hydrogen-bond acceptors (Lipinski definition) is 2. The second kappa shape index (κ2) is 5.56. The van der Waals surface area contributed by atoms with Crippen molar-refractivity contribution in [3.8, 4) is 0 Å². The molecule has 1 amide bonds. The Kier molecular flexibility index (Phi) is 3.60. The number of benzene rings is 2. The summed E-state index contributed by atoms with van der Waals surface area (Å²) in [6, 6.07) is 14.3. The Morgan fingerprint density at radius 1 is 1.19 bits per heavy atom. The highest BCUT2D eigenvalue weighted by Crippen LogP contribution is 2.28. The zero-order valence-corrected chi connectivity index (χ0v) is 11.6. The standard InChI is InChI=1S/C17H17FN2O/c18-16-10-14(19)6-7-15(16)17(21)20-9-8-13(11-20)12-4-2-1-3-5-12/h1-7,10,13H,8-9,11,19H2. The lowest BCUT2D eigenvalue weighted by Gasteiger charge is -2.17. The van der Waals surface area contributed by atoms with Crippen LogP contribution in [-0.2, 0) is 0 Å². The van der Waals surface area contributed by atoms with Gasteiger partial charge in [-0.25, -0.2) is 4.39 Å². The van der Waals surface area contributed by atoms with Crippen LogP contribution >= 0.6 is 0 Å². The maximum Gasteiger partial charge on any atom is 0.256 e. The lowest BCUT2D eigenvalue weighted by molar-refractivity contribution is 0.0786. The van der Waals surface area contributed by atoms with Crippen LogP contribution in [0.25, 0.3) is 0 Å². The summed E-state index contributed by atoms with van der Waals surface area (Å²) in [5.41, 5.74) is 7.16. The summed E-state index contributed by atoms with van der Waals surface area (Å²) in [5.74, 6) is -0.485. The molecule has 4 heteroatoms. The van der Waals surface area contributed by atoms with E-state index in [1.54, 1.807) is 11.0 Å². The SMILES string of the molecule is Nc1ccc(C(=O)N2CCC(c3ccccc3)C2)c(F)c1. The lowest BCUT2D eigenvalue weighted by atomic mass is 9.99. The van der Waals surface area contributed by atoms with Crippen LogP contribution in [0, 0.1) is 5.82 Å². The van der Waals surface area contributed by atoms with E-state index in [-0.39, 0.29) is 11.5 Å². The topological polar surface area (TPSA) is 46.3 Å². The zero-order valence-electron chi connectivity index (χ0n) is 11.6. The molecule has 0 radical (unpaired) electrons. The van der Waals surface area contributed by atoms with E-state index in [1.165, 1.54) is 17.7 Å². The van der Waals surface area contributed by atoms with Crippen molar-refractivity contribution >= 4 is 11.6 Å². The van der Waals surface area contributed by atoms with Crippen molar-refractivity contribution in [2.24, 2.45) is 0 Å². The number of halogens is 1. The Morgan fingerprint density at radius 3 is 2.67 bits per heavy atom. The Balaban J connectivity index is 1.75. The van der Waals surface area contributed by atoms with E-state index in [4.69, 9.17) is 5.73 Å². The number of likely N-dealkylation sites (tertiary alicyclic amines) is 1. The Hall–Kier alpha value is -2.36. The van der Waals surface area contributed by atoms with Gasteiger partial charge in [0.15, 0.2) is 0 Å². The second-order valence-electron chi connectivity index (χ2n) is 5.39. The summed E-state index contributed by atoms with van der Waals surface area (Å²) in [6.45, 7) is 1.29. The monoisotopic (exact) mass is 284 g/mol. The average Bonchev–Trinajstić information content (AvgIpc) is 2.97. The van der Waals surface area contributed by atoms with Crippen molar-refractivity contribution in [2.75, 3.05) is 18.8 Å². The van der Waals surface area contributed by atoms with Crippen LogP contribution in [0.5, 0.6) is 0 Å². The van der Waals surface area contributed by atoms with Gasteiger partial charge in [-0.2, -0.15) is 0 Å².